The van der Waals surface area contributed by atoms with Crippen LogP contribution in [-0.4, -0.2) is 21.3 Å². The molecule has 6 heavy (non-hydrogen) atoms. The maximum Gasteiger partial charge on any atom is 0.142 e. The standard InChI is InChI=1S/2CH2OS/c2*2-1-3/h2*1H,(H,2,3). The summed E-state index contributed by atoms with van der Waals surface area (Å²) in [4.78, 5) is 0. The Kier molecular flexibility index (Phi) is 33.2. The monoisotopic (exact) mass is 124 g/mol. The molecule has 4 heteroatoms. The van der Waals surface area contributed by atoms with Crippen LogP contribution >= 0.6 is 24.4 Å². The number of hydrogen-bond acceptors (Lipinski definition) is 2. The normalized spacial score (nSPS) is 4.00. The van der Waals surface area contributed by atoms with Crippen LogP contribution in [0.25, 0.3) is 0 Å². The highest BCUT2D eigenvalue weighted by Crippen LogP contribution is 1.24. The Morgan fingerprint density at radius 1 is 1.00 bits per heavy atom. The van der Waals surface area contributed by atoms with Crippen LogP contribution in [0.3, 0.4) is 0 Å². The molecule has 36 valence electrons. The van der Waals surface area contributed by atoms with Crippen LogP contribution in [0.5, 0.6) is 0 Å². The molecule has 0 amide bonds. The molecule has 0 aliphatic rings. The minimum atomic E-state index is 0.583. The van der Waals surface area contributed by atoms with E-state index >= 15 is 0 Å². The summed E-state index contributed by atoms with van der Waals surface area (Å²) in [6.45, 7) is 0. The van der Waals surface area contributed by atoms with Crippen LogP contribution in [-0.2, 0) is 0 Å². The third-order valence-electron chi connectivity index (χ3n) is 0. The van der Waals surface area contributed by atoms with Gasteiger partial charge in [-0.3, -0.25) is 0 Å². The third kappa shape index (κ3) is 604. The SMILES string of the molecule is OC=S.OC=S. The van der Waals surface area contributed by atoms with E-state index in [0.29, 0.717) is 11.1 Å². The van der Waals surface area contributed by atoms with Gasteiger partial charge in [-0.25, -0.2) is 0 Å². The highest BCUT2D eigenvalue weighted by Gasteiger charge is 1.16. The average Bonchev–Trinajstić information content (AvgIpc) is 1.39. The maximum absolute atomic E-state index is 7.26. The summed E-state index contributed by atoms with van der Waals surface area (Å²) in [6, 6.07) is 0. The van der Waals surface area contributed by atoms with Gasteiger partial charge in [-0.05, 0) is 24.4 Å². The van der Waals surface area contributed by atoms with E-state index in [4.69, 9.17) is 10.2 Å². The van der Waals surface area contributed by atoms with Gasteiger partial charge in [-0.1, -0.05) is 0 Å². The Labute approximate surface area is 46.4 Å². The lowest BCUT2D eigenvalue weighted by molar-refractivity contribution is 0.593. The van der Waals surface area contributed by atoms with E-state index in [2.05, 4.69) is 24.4 Å². The fraction of sp³-hybridized carbons (Fsp3) is 0. The Morgan fingerprint density at radius 3 is 1.00 bits per heavy atom. The van der Waals surface area contributed by atoms with Gasteiger partial charge in [0, 0.05) is 0 Å². The van der Waals surface area contributed by atoms with E-state index in [0.717, 1.165) is 0 Å². The van der Waals surface area contributed by atoms with Gasteiger partial charge in [-0.2, -0.15) is 0 Å². The van der Waals surface area contributed by atoms with Gasteiger partial charge in [0.25, 0.3) is 0 Å². The molecular formula is C2H4O2S2. The molecule has 0 saturated heterocycles. The molecule has 0 rings (SSSR count). The molecule has 0 aliphatic carbocycles. The number of hydrogen-bond donors (Lipinski definition) is 2. The zero-order chi connectivity index (χ0) is 5.41. The second kappa shape index (κ2) is 21.6. The topological polar surface area (TPSA) is 40.5 Å². The van der Waals surface area contributed by atoms with Gasteiger partial charge in [0.1, 0.15) is 11.1 Å². The molecule has 0 spiro atoms. The molecule has 0 unspecified atom stereocenters. The van der Waals surface area contributed by atoms with Crippen molar-refractivity contribution >= 4 is 35.5 Å². The van der Waals surface area contributed by atoms with Crippen LogP contribution in [0.4, 0.5) is 0 Å². The number of thiocarbonyl (C=S) groups is 2. The minimum Gasteiger partial charge on any atom is -0.504 e. The highest BCUT2D eigenvalue weighted by molar-refractivity contribution is 7.78. The predicted octanol–water partition coefficient (Wildman–Crippen LogP) is 1.00. The molecule has 0 radical (unpaired) electrons. The first-order valence-corrected chi connectivity index (χ1v) is 1.93. The summed E-state index contributed by atoms with van der Waals surface area (Å²) >= 11 is 7.65. The number of aliphatic hydroxyl groups excluding tert-OH is 2. The van der Waals surface area contributed by atoms with Crippen molar-refractivity contribution in [2.24, 2.45) is 0 Å². The van der Waals surface area contributed by atoms with Gasteiger partial charge in [0.15, 0.2) is 0 Å². The summed E-state index contributed by atoms with van der Waals surface area (Å²) < 4.78 is 0. The van der Waals surface area contributed by atoms with Crippen molar-refractivity contribution in [2.75, 3.05) is 0 Å². The van der Waals surface area contributed by atoms with Crippen LogP contribution in [0.1, 0.15) is 0 Å². The Bertz CT molecular complexity index is 30.5. The van der Waals surface area contributed by atoms with E-state index in [1.807, 2.05) is 0 Å². The van der Waals surface area contributed by atoms with E-state index in [9.17, 15) is 0 Å². The first kappa shape index (κ1) is 9.24. The molecule has 0 bridgehead atoms. The molecule has 0 atom stereocenters. The fourth-order valence-electron chi connectivity index (χ4n) is 0. The summed E-state index contributed by atoms with van der Waals surface area (Å²) in [5.74, 6) is 0. The molecular weight excluding hydrogens is 120 g/mol. The molecule has 0 aliphatic heterocycles. The van der Waals surface area contributed by atoms with E-state index in [-0.39, 0.29) is 0 Å². The summed E-state index contributed by atoms with van der Waals surface area (Å²) in [5.41, 5.74) is 1.17. The van der Waals surface area contributed by atoms with Crippen molar-refractivity contribution in [1.29, 1.82) is 0 Å². The summed E-state index contributed by atoms with van der Waals surface area (Å²) in [6.07, 6.45) is 0. The second-order valence-corrected chi connectivity index (χ2v) is 0.632. The van der Waals surface area contributed by atoms with E-state index < -0.39 is 0 Å². The van der Waals surface area contributed by atoms with Gasteiger partial charge in [0.2, 0.25) is 0 Å². The van der Waals surface area contributed by atoms with Gasteiger partial charge in [-0.15, -0.1) is 0 Å². The third-order valence-corrected chi connectivity index (χ3v) is 0. The Morgan fingerprint density at radius 2 is 1.00 bits per heavy atom. The molecule has 0 aromatic heterocycles. The molecule has 0 aromatic rings. The van der Waals surface area contributed by atoms with Crippen molar-refractivity contribution < 1.29 is 10.2 Å². The Balaban J connectivity index is 0. The van der Waals surface area contributed by atoms with Crippen molar-refractivity contribution in [3.63, 3.8) is 0 Å². The van der Waals surface area contributed by atoms with Crippen LogP contribution < -0.4 is 0 Å². The van der Waals surface area contributed by atoms with Crippen LogP contribution in [0.2, 0.25) is 0 Å². The minimum absolute atomic E-state index is 0.583. The molecule has 0 aromatic carbocycles. The quantitative estimate of drug-likeness (QED) is 0.473. The molecule has 0 heterocycles. The molecule has 2 nitrogen and oxygen atoms in total. The first-order chi connectivity index (χ1) is 2.83. The maximum atomic E-state index is 7.26. The van der Waals surface area contributed by atoms with Crippen LogP contribution in [0, 0.1) is 0 Å². The summed E-state index contributed by atoms with van der Waals surface area (Å²) in [7, 11) is 0. The Hall–Kier alpha value is -0.220. The summed E-state index contributed by atoms with van der Waals surface area (Å²) in [5, 5.41) is 14.5. The predicted molar refractivity (Wildman–Crippen MR) is 32.6 cm³/mol. The van der Waals surface area contributed by atoms with Crippen molar-refractivity contribution in [3.05, 3.63) is 0 Å². The van der Waals surface area contributed by atoms with Gasteiger partial charge < -0.3 is 10.2 Å². The van der Waals surface area contributed by atoms with Crippen molar-refractivity contribution in [1.82, 2.24) is 0 Å². The zero-order valence-electron chi connectivity index (χ0n) is 2.87. The number of rotatable bonds is 0. The average molecular weight is 124 g/mol. The zero-order valence-corrected chi connectivity index (χ0v) is 4.50. The lowest BCUT2D eigenvalue weighted by Gasteiger charge is -1.38. The van der Waals surface area contributed by atoms with Gasteiger partial charge >= 0.3 is 0 Å². The second-order valence-electron chi connectivity index (χ2n) is 0.211. The molecule has 0 fully saturated rings. The fourth-order valence-corrected chi connectivity index (χ4v) is 0. The molecule has 2 N–H and O–H groups in total. The van der Waals surface area contributed by atoms with Crippen LogP contribution in [0.15, 0.2) is 0 Å². The van der Waals surface area contributed by atoms with E-state index in [1.165, 1.54) is 0 Å². The van der Waals surface area contributed by atoms with Gasteiger partial charge in [0.05, 0.1) is 0 Å². The number of aliphatic hydroxyl groups is 2. The first-order valence-electron chi connectivity index (χ1n) is 0.988. The smallest absolute Gasteiger partial charge is 0.142 e. The lowest BCUT2D eigenvalue weighted by Crippen LogP contribution is -1.41. The molecule has 0 saturated carbocycles. The van der Waals surface area contributed by atoms with Crippen molar-refractivity contribution in [2.45, 2.75) is 0 Å². The largest absolute Gasteiger partial charge is 0.504 e. The van der Waals surface area contributed by atoms with Crippen molar-refractivity contribution in [3.8, 4) is 0 Å². The van der Waals surface area contributed by atoms with E-state index in [1.54, 1.807) is 0 Å². The highest BCUT2D eigenvalue weighted by atomic mass is 32.1. The lowest BCUT2D eigenvalue weighted by atomic mass is 11.8.